The summed E-state index contributed by atoms with van der Waals surface area (Å²) >= 11 is 11.9. The summed E-state index contributed by atoms with van der Waals surface area (Å²) in [7, 11) is -1.03. The maximum atomic E-state index is 12.1. The standard InChI is InChI=1S/C14H13Cl2NOS/c15-12-3-1-10(2-4-12)8-19(18)9-11-7-13(17)5-6-14(11)16/h1-7H,8-9,17H2. The van der Waals surface area contributed by atoms with Crippen LogP contribution >= 0.6 is 23.2 Å². The maximum absolute atomic E-state index is 12.1. The van der Waals surface area contributed by atoms with E-state index in [9.17, 15) is 4.21 Å². The fourth-order valence-electron chi connectivity index (χ4n) is 1.70. The Morgan fingerprint density at radius 1 is 1.00 bits per heavy atom. The minimum atomic E-state index is -1.03. The summed E-state index contributed by atoms with van der Waals surface area (Å²) in [6.07, 6.45) is 0. The molecule has 0 spiro atoms. The lowest BCUT2D eigenvalue weighted by atomic mass is 10.2. The maximum Gasteiger partial charge on any atom is 0.0504 e. The van der Waals surface area contributed by atoms with E-state index in [2.05, 4.69) is 0 Å². The zero-order valence-electron chi connectivity index (χ0n) is 10.1. The lowest BCUT2D eigenvalue weighted by molar-refractivity contribution is 0.682. The van der Waals surface area contributed by atoms with Gasteiger partial charge in [0, 0.05) is 32.3 Å². The van der Waals surface area contributed by atoms with Crippen molar-refractivity contribution < 1.29 is 4.21 Å². The van der Waals surface area contributed by atoms with Crippen LogP contribution in [0, 0.1) is 0 Å². The Balaban J connectivity index is 2.05. The monoisotopic (exact) mass is 313 g/mol. The first kappa shape index (κ1) is 14.4. The zero-order chi connectivity index (χ0) is 13.8. The number of nitrogens with two attached hydrogens (primary N) is 1. The van der Waals surface area contributed by atoms with Crippen LogP contribution in [0.15, 0.2) is 42.5 Å². The van der Waals surface area contributed by atoms with Crippen molar-refractivity contribution in [3.63, 3.8) is 0 Å². The van der Waals surface area contributed by atoms with Crippen LogP contribution in [0.5, 0.6) is 0 Å². The molecule has 2 aromatic rings. The van der Waals surface area contributed by atoms with Gasteiger partial charge in [0.25, 0.3) is 0 Å². The summed E-state index contributed by atoms with van der Waals surface area (Å²) < 4.78 is 12.1. The molecule has 0 saturated heterocycles. The number of hydrogen-bond donors (Lipinski definition) is 1. The highest BCUT2D eigenvalue weighted by molar-refractivity contribution is 7.83. The van der Waals surface area contributed by atoms with Crippen LogP contribution in [0.2, 0.25) is 10.0 Å². The van der Waals surface area contributed by atoms with Crippen molar-refractivity contribution in [2.24, 2.45) is 0 Å². The first-order valence-corrected chi connectivity index (χ1v) is 7.92. The molecule has 1 unspecified atom stereocenters. The highest BCUT2D eigenvalue weighted by atomic mass is 35.5. The van der Waals surface area contributed by atoms with Gasteiger partial charge in [-0.15, -0.1) is 0 Å². The average molecular weight is 314 g/mol. The minimum absolute atomic E-state index is 0.395. The van der Waals surface area contributed by atoms with Gasteiger partial charge >= 0.3 is 0 Å². The third-order valence-corrected chi connectivity index (χ3v) is 4.54. The molecule has 0 heterocycles. The van der Waals surface area contributed by atoms with E-state index < -0.39 is 10.8 Å². The minimum Gasteiger partial charge on any atom is -0.399 e. The Labute approximate surface area is 125 Å². The highest BCUT2D eigenvalue weighted by Crippen LogP contribution is 2.21. The quantitative estimate of drug-likeness (QED) is 0.866. The molecule has 0 aromatic heterocycles. The van der Waals surface area contributed by atoms with E-state index in [0.717, 1.165) is 11.1 Å². The molecular weight excluding hydrogens is 301 g/mol. The van der Waals surface area contributed by atoms with Crippen molar-refractivity contribution >= 4 is 39.7 Å². The van der Waals surface area contributed by atoms with Crippen LogP contribution in [0.25, 0.3) is 0 Å². The third-order valence-electron chi connectivity index (χ3n) is 2.63. The Hall–Kier alpha value is -1.03. The molecular formula is C14H13Cl2NOS. The van der Waals surface area contributed by atoms with Gasteiger partial charge in [-0.2, -0.15) is 0 Å². The van der Waals surface area contributed by atoms with Gasteiger partial charge in [-0.05, 0) is 41.5 Å². The number of benzene rings is 2. The van der Waals surface area contributed by atoms with Crippen molar-refractivity contribution in [1.82, 2.24) is 0 Å². The lowest BCUT2D eigenvalue weighted by Gasteiger charge is -2.06. The molecule has 5 heteroatoms. The second kappa shape index (κ2) is 6.42. The molecule has 0 bridgehead atoms. The fraction of sp³-hybridized carbons (Fsp3) is 0.143. The van der Waals surface area contributed by atoms with E-state index >= 15 is 0 Å². The lowest BCUT2D eigenvalue weighted by Crippen LogP contribution is -2.01. The van der Waals surface area contributed by atoms with Crippen molar-refractivity contribution in [3.05, 3.63) is 63.6 Å². The van der Waals surface area contributed by atoms with Crippen LogP contribution in [0.4, 0.5) is 5.69 Å². The van der Waals surface area contributed by atoms with Gasteiger partial charge in [0.2, 0.25) is 0 Å². The molecule has 100 valence electrons. The number of rotatable bonds is 4. The summed E-state index contributed by atoms with van der Waals surface area (Å²) in [5.74, 6) is 0.870. The van der Waals surface area contributed by atoms with E-state index in [-0.39, 0.29) is 0 Å². The second-order valence-corrected chi connectivity index (χ2v) is 6.51. The first-order chi connectivity index (χ1) is 9.04. The predicted octanol–water partition coefficient (Wildman–Crippen LogP) is 4.02. The van der Waals surface area contributed by atoms with Crippen LogP contribution in [-0.4, -0.2) is 4.21 Å². The molecule has 0 aliphatic heterocycles. The fourth-order valence-corrected chi connectivity index (χ4v) is 3.34. The highest BCUT2D eigenvalue weighted by Gasteiger charge is 2.07. The molecule has 2 nitrogen and oxygen atoms in total. The molecule has 2 rings (SSSR count). The molecule has 0 aliphatic carbocycles. The normalized spacial score (nSPS) is 12.3. The summed E-state index contributed by atoms with van der Waals surface area (Å²) in [6.45, 7) is 0. The molecule has 0 aliphatic rings. The number of nitrogen functional groups attached to an aromatic ring is 1. The zero-order valence-corrected chi connectivity index (χ0v) is 12.4. The summed E-state index contributed by atoms with van der Waals surface area (Å²) in [4.78, 5) is 0. The van der Waals surface area contributed by atoms with E-state index in [1.807, 2.05) is 12.1 Å². The molecule has 1 atom stereocenters. The van der Waals surface area contributed by atoms with Gasteiger partial charge in [0.1, 0.15) is 0 Å². The van der Waals surface area contributed by atoms with Crippen LogP contribution < -0.4 is 5.73 Å². The van der Waals surface area contributed by atoms with Gasteiger partial charge in [-0.25, -0.2) is 0 Å². The molecule has 0 fully saturated rings. The van der Waals surface area contributed by atoms with Crippen molar-refractivity contribution in [3.8, 4) is 0 Å². The van der Waals surface area contributed by atoms with Gasteiger partial charge in [-0.3, -0.25) is 4.21 Å². The molecule has 0 saturated carbocycles. The van der Waals surface area contributed by atoms with E-state index in [4.69, 9.17) is 28.9 Å². The van der Waals surface area contributed by atoms with Crippen LogP contribution in [0.3, 0.4) is 0 Å². The SMILES string of the molecule is Nc1ccc(Cl)c(CS(=O)Cc2ccc(Cl)cc2)c1. The van der Waals surface area contributed by atoms with Gasteiger partial charge in [0.15, 0.2) is 0 Å². The Kier molecular flexibility index (Phi) is 4.86. The van der Waals surface area contributed by atoms with Crippen LogP contribution in [-0.2, 0) is 22.3 Å². The van der Waals surface area contributed by atoms with Crippen LogP contribution in [0.1, 0.15) is 11.1 Å². The largest absolute Gasteiger partial charge is 0.399 e. The summed E-state index contributed by atoms with van der Waals surface area (Å²) in [5, 5.41) is 1.27. The Morgan fingerprint density at radius 3 is 2.37 bits per heavy atom. The third kappa shape index (κ3) is 4.23. The van der Waals surface area contributed by atoms with E-state index in [1.54, 1.807) is 30.3 Å². The van der Waals surface area contributed by atoms with Gasteiger partial charge in [0.05, 0.1) is 5.75 Å². The number of anilines is 1. The van der Waals surface area contributed by atoms with Crippen molar-refractivity contribution in [1.29, 1.82) is 0 Å². The number of halogens is 2. The van der Waals surface area contributed by atoms with E-state index in [0.29, 0.717) is 27.2 Å². The summed E-state index contributed by atoms with van der Waals surface area (Å²) in [5.41, 5.74) is 8.13. The smallest absolute Gasteiger partial charge is 0.0504 e. The van der Waals surface area contributed by atoms with Crippen molar-refractivity contribution in [2.45, 2.75) is 11.5 Å². The van der Waals surface area contributed by atoms with Crippen molar-refractivity contribution in [2.75, 3.05) is 5.73 Å². The van der Waals surface area contributed by atoms with Gasteiger partial charge in [-0.1, -0.05) is 35.3 Å². The first-order valence-electron chi connectivity index (χ1n) is 5.68. The average Bonchev–Trinajstić information content (AvgIpc) is 2.37. The predicted molar refractivity (Wildman–Crippen MR) is 82.9 cm³/mol. The molecule has 0 amide bonds. The molecule has 2 aromatic carbocycles. The van der Waals surface area contributed by atoms with Gasteiger partial charge < -0.3 is 5.73 Å². The Bertz CT molecular complexity index is 599. The van der Waals surface area contributed by atoms with E-state index in [1.165, 1.54) is 0 Å². The second-order valence-electron chi connectivity index (χ2n) is 4.21. The number of hydrogen-bond acceptors (Lipinski definition) is 2. The molecule has 2 N–H and O–H groups in total. The topological polar surface area (TPSA) is 43.1 Å². The summed E-state index contributed by atoms with van der Waals surface area (Å²) in [6, 6.07) is 12.6. The molecule has 0 radical (unpaired) electrons. The Morgan fingerprint density at radius 2 is 1.68 bits per heavy atom. The molecule has 19 heavy (non-hydrogen) atoms.